The Balaban J connectivity index is 3.53. The monoisotopic (exact) mass is 870 g/mol. The van der Waals surface area contributed by atoms with E-state index < -0.39 is 26.5 Å². The van der Waals surface area contributed by atoms with Crippen LogP contribution in [0, 0.1) is 0 Å². The summed E-state index contributed by atoms with van der Waals surface area (Å²) < 4.78 is 27.0. The van der Waals surface area contributed by atoms with Crippen LogP contribution in [0.4, 0.5) is 0 Å². The van der Waals surface area contributed by atoms with Crippen LogP contribution in [0.1, 0.15) is 251 Å². The van der Waals surface area contributed by atoms with Crippen molar-refractivity contribution in [3.05, 3.63) is 24.3 Å². The molecule has 354 valence electrons. The minimum absolute atomic E-state index is 0.0838. The minimum atomic E-state index is -4.42. The summed E-state index contributed by atoms with van der Waals surface area (Å²) in [5.74, 6) is -0.520. The maximum absolute atomic E-state index is 12.1. The number of allylic oxidation sites excluding steroid dienone is 4. The third-order valence-electron chi connectivity index (χ3n) is 11.1. The summed E-state index contributed by atoms with van der Waals surface area (Å²) in [6.07, 6.45) is 52.6. The van der Waals surface area contributed by atoms with Crippen LogP contribution in [0.5, 0.6) is 0 Å². The Labute approximate surface area is 370 Å². The lowest BCUT2D eigenvalue weighted by atomic mass is 10.0. The molecule has 0 aliphatic heterocycles. The second-order valence-electron chi connectivity index (χ2n) is 17.1. The summed E-state index contributed by atoms with van der Waals surface area (Å²) in [6.45, 7) is 3.56. The van der Waals surface area contributed by atoms with Gasteiger partial charge in [0.05, 0.1) is 13.2 Å². The Bertz CT molecular complexity index is 1040. The van der Waals surface area contributed by atoms with Gasteiger partial charge in [-0.2, -0.15) is 0 Å². The van der Waals surface area contributed by atoms with E-state index in [0.717, 1.165) is 64.2 Å². The van der Waals surface area contributed by atoms with Crippen molar-refractivity contribution in [3.8, 4) is 0 Å². The summed E-state index contributed by atoms with van der Waals surface area (Å²) in [5, 5.41) is 12.7. The first kappa shape index (κ1) is 58.5. The zero-order valence-corrected chi connectivity index (χ0v) is 40.1. The fraction of sp³-hybridized carbons (Fsp3) is 0.880. The number of ether oxygens (including phenoxy) is 1. The number of aliphatic hydroxyl groups is 1. The number of hydrogen-bond donors (Lipinski definition) is 3. The zero-order valence-electron chi connectivity index (χ0n) is 39.2. The molecule has 0 saturated carbocycles. The van der Waals surface area contributed by atoms with Gasteiger partial charge in [-0.1, -0.05) is 218 Å². The molecule has 0 spiro atoms. The van der Waals surface area contributed by atoms with Crippen molar-refractivity contribution in [2.75, 3.05) is 26.4 Å². The average Bonchev–Trinajstić information content (AvgIpc) is 3.23. The van der Waals surface area contributed by atoms with Crippen LogP contribution in [0.3, 0.4) is 0 Å². The quantitative estimate of drug-likeness (QED) is 0.0238. The highest BCUT2D eigenvalue weighted by Crippen LogP contribution is 2.42. The lowest BCUT2D eigenvalue weighted by molar-refractivity contribution is -0.147. The molecule has 0 saturated heterocycles. The predicted molar refractivity (Wildman–Crippen MR) is 252 cm³/mol. The van der Waals surface area contributed by atoms with Crippen molar-refractivity contribution < 1.29 is 37.9 Å². The largest absolute Gasteiger partial charge is 0.472 e. The Morgan fingerprint density at radius 3 is 1.35 bits per heavy atom. The molecule has 1 amide bonds. The number of amides is 1. The van der Waals surface area contributed by atoms with Gasteiger partial charge in [0.2, 0.25) is 5.91 Å². The molecule has 0 radical (unpaired) electrons. The van der Waals surface area contributed by atoms with E-state index >= 15 is 0 Å². The Kier molecular flexibility index (Phi) is 45.8. The smallest absolute Gasteiger partial charge is 0.463 e. The Hall–Kier alpha value is -1.51. The highest BCUT2D eigenvalue weighted by Gasteiger charge is 2.23. The Morgan fingerprint density at radius 1 is 0.517 bits per heavy atom. The van der Waals surface area contributed by atoms with Gasteiger partial charge in [0.15, 0.2) is 0 Å². The molecule has 0 bridgehead atoms. The lowest BCUT2D eigenvalue weighted by Gasteiger charge is -2.15. The fourth-order valence-corrected chi connectivity index (χ4v) is 8.05. The van der Waals surface area contributed by atoms with Gasteiger partial charge in [0.1, 0.15) is 12.7 Å². The van der Waals surface area contributed by atoms with E-state index in [2.05, 4.69) is 43.5 Å². The van der Waals surface area contributed by atoms with E-state index in [0.29, 0.717) is 6.42 Å². The second kappa shape index (κ2) is 47.0. The molecular weight excluding hydrogens is 774 g/mol. The normalized spacial score (nSPS) is 13.3. The van der Waals surface area contributed by atoms with E-state index in [1.807, 2.05) is 0 Å². The molecule has 0 aliphatic carbocycles. The number of phosphoric acid groups is 1. The first-order chi connectivity index (χ1) is 29.3. The third kappa shape index (κ3) is 47.5. The van der Waals surface area contributed by atoms with Crippen molar-refractivity contribution in [2.45, 2.75) is 258 Å². The van der Waals surface area contributed by atoms with E-state index in [9.17, 15) is 24.2 Å². The van der Waals surface area contributed by atoms with Crippen molar-refractivity contribution in [1.82, 2.24) is 5.32 Å². The molecule has 0 aromatic rings. The van der Waals surface area contributed by atoms with Crippen molar-refractivity contribution >= 4 is 19.7 Å². The van der Waals surface area contributed by atoms with Gasteiger partial charge in [-0.05, 0) is 44.9 Å². The van der Waals surface area contributed by atoms with Gasteiger partial charge in [0.25, 0.3) is 0 Å². The number of carbonyl (C=O) groups is 2. The molecule has 0 heterocycles. The molecule has 0 aliphatic rings. The van der Waals surface area contributed by atoms with Crippen LogP contribution >= 0.6 is 7.82 Å². The summed E-state index contributed by atoms with van der Waals surface area (Å²) in [6, 6.07) is 0. The first-order valence-electron chi connectivity index (χ1n) is 25.3. The molecule has 60 heavy (non-hydrogen) atoms. The maximum Gasteiger partial charge on any atom is 0.472 e. The number of phosphoric ester groups is 1. The summed E-state index contributed by atoms with van der Waals surface area (Å²) in [5.41, 5.74) is 0. The van der Waals surface area contributed by atoms with Crippen LogP contribution in [-0.2, 0) is 27.9 Å². The molecule has 9 nitrogen and oxygen atoms in total. The van der Waals surface area contributed by atoms with Crippen LogP contribution < -0.4 is 5.32 Å². The van der Waals surface area contributed by atoms with Gasteiger partial charge in [-0.15, -0.1) is 0 Å². The minimum Gasteiger partial charge on any atom is -0.463 e. The highest BCUT2D eigenvalue weighted by atomic mass is 31.2. The summed E-state index contributed by atoms with van der Waals surface area (Å²) in [7, 11) is -4.42. The van der Waals surface area contributed by atoms with Gasteiger partial charge in [0, 0.05) is 19.4 Å². The summed E-state index contributed by atoms with van der Waals surface area (Å²) >= 11 is 0. The van der Waals surface area contributed by atoms with E-state index in [1.165, 1.54) is 161 Å². The van der Waals surface area contributed by atoms with Gasteiger partial charge >= 0.3 is 13.8 Å². The molecular formula is C50H96NO8P. The van der Waals surface area contributed by atoms with E-state index in [4.69, 9.17) is 13.8 Å². The molecule has 10 heteroatoms. The fourth-order valence-electron chi connectivity index (χ4n) is 7.30. The lowest BCUT2D eigenvalue weighted by Crippen LogP contribution is -2.27. The van der Waals surface area contributed by atoms with Crippen molar-refractivity contribution in [2.24, 2.45) is 0 Å². The molecule has 0 fully saturated rings. The molecule has 0 aromatic carbocycles. The number of hydrogen-bond acceptors (Lipinski definition) is 7. The maximum atomic E-state index is 12.1. The van der Waals surface area contributed by atoms with Crippen LogP contribution in [-0.4, -0.2) is 54.3 Å². The number of rotatable bonds is 48. The number of unbranched alkanes of at least 4 members (excludes halogenated alkanes) is 31. The van der Waals surface area contributed by atoms with Crippen LogP contribution in [0.2, 0.25) is 0 Å². The molecule has 3 N–H and O–H groups in total. The third-order valence-corrected chi connectivity index (χ3v) is 12.1. The summed E-state index contributed by atoms with van der Waals surface area (Å²) in [4.78, 5) is 34.0. The van der Waals surface area contributed by atoms with E-state index in [1.54, 1.807) is 0 Å². The molecule has 0 rings (SSSR count). The van der Waals surface area contributed by atoms with Crippen molar-refractivity contribution in [1.29, 1.82) is 0 Å². The first-order valence-corrected chi connectivity index (χ1v) is 26.8. The molecule has 2 atom stereocenters. The second-order valence-corrected chi connectivity index (χ2v) is 18.6. The number of nitrogens with one attached hydrogen (secondary N) is 1. The van der Waals surface area contributed by atoms with Gasteiger partial charge in [-0.25, -0.2) is 4.57 Å². The zero-order chi connectivity index (χ0) is 43.9. The van der Waals surface area contributed by atoms with Gasteiger partial charge < -0.3 is 20.1 Å². The average molecular weight is 870 g/mol. The number of aliphatic hydroxyl groups excluding tert-OH is 1. The standard InChI is InChI=1S/C50H96NO8P/c1-3-5-7-9-11-13-15-17-19-21-22-23-24-25-26-27-28-30-32-34-36-38-40-42-49(53)51-44-45-58-60(55,56)59-47-48(52)46-57-50(54)43-41-39-37-35-33-31-29-20-18-16-14-12-10-8-6-4-2/h14,16,20,29,48,52H,3-13,15,17-19,21-28,30-47H2,1-2H3,(H,51,53)(H,55,56)/b16-14-,29-20-. The number of esters is 1. The topological polar surface area (TPSA) is 131 Å². The SMILES string of the molecule is CCCCCC/C=C\C/C=C\CCCCCCCC(=O)OCC(O)COP(=O)(O)OCCNC(=O)CCCCCCCCCCCCCCCCCCCCCCCCC. The predicted octanol–water partition coefficient (Wildman–Crippen LogP) is 14.7. The number of carbonyl (C=O) groups excluding carboxylic acids is 2. The van der Waals surface area contributed by atoms with Crippen LogP contribution in [0.25, 0.3) is 0 Å². The highest BCUT2D eigenvalue weighted by molar-refractivity contribution is 7.47. The van der Waals surface area contributed by atoms with E-state index in [-0.39, 0.29) is 32.1 Å². The Morgan fingerprint density at radius 2 is 0.900 bits per heavy atom. The molecule has 2 unspecified atom stereocenters. The molecule has 0 aromatic heterocycles. The van der Waals surface area contributed by atoms with Gasteiger partial charge in [-0.3, -0.25) is 18.6 Å². The van der Waals surface area contributed by atoms with Crippen LogP contribution in [0.15, 0.2) is 24.3 Å². The van der Waals surface area contributed by atoms with Crippen molar-refractivity contribution in [3.63, 3.8) is 0 Å².